The Hall–Kier alpha value is -0.570. The second-order valence-electron chi connectivity index (χ2n) is 7.93. The predicted octanol–water partition coefficient (Wildman–Crippen LogP) is 6.17. The van der Waals surface area contributed by atoms with Crippen LogP contribution >= 0.6 is 0 Å². The summed E-state index contributed by atoms with van der Waals surface area (Å²) in [6.07, 6.45) is 18.1. The first kappa shape index (κ1) is 22.5. The monoisotopic (exact) mass is 354 g/mol. The molecule has 25 heavy (non-hydrogen) atoms. The largest absolute Gasteiger partial charge is 0.462 e. The zero-order valence-electron chi connectivity index (χ0n) is 16.8. The minimum atomic E-state index is -0.494. The van der Waals surface area contributed by atoms with Crippen molar-refractivity contribution < 1.29 is 14.6 Å². The summed E-state index contributed by atoms with van der Waals surface area (Å²) in [5.41, 5.74) is 0. The van der Waals surface area contributed by atoms with E-state index in [0.717, 1.165) is 32.1 Å². The van der Waals surface area contributed by atoms with Crippen LogP contribution in [-0.4, -0.2) is 23.3 Å². The molecule has 3 atom stereocenters. The second kappa shape index (κ2) is 14.6. The molecule has 1 rings (SSSR count). The van der Waals surface area contributed by atoms with Crippen LogP contribution in [0, 0.1) is 5.92 Å². The smallest absolute Gasteiger partial charge is 0.311 e. The van der Waals surface area contributed by atoms with E-state index in [1.807, 2.05) is 0 Å². The summed E-state index contributed by atoms with van der Waals surface area (Å²) in [5, 5.41) is 10.3. The zero-order valence-corrected chi connectivity index (χ0v) is 16.8. The molecule has 148 valence electrons. The van der Waals surface area contributed by atoms with Crippen molar-refractivity contribution in [3.05, 3.63) is 0 Å². The highest BCUT2D eigenvalue weighted by Gasteiger charge is 2.36. The van der Waals surface area contributed by atoms with Gasteiger partial charge in [0.2, 0.25) is 0 Å². The van der Waals surface area contributed by atoms with E-state index in [2.05, 4.69) is 13.8 Å². The molecule has 0 aromatic rings. The van der Waals surface area contributed by atoms with E-state index in [-0.39, 0.29) is 18.0 Å². The summed E-state index contributed by atoms with van der Waals surface area (Å²) in [6.45, 7) is 4.43. The minimum absolute atomic E-state index is 0.0565. The van der Waals surface area contributed by atoms with Crippen LogP contribution in [0.4, 0.5) is 0 Å². The summed E-state index contributed by atoms with van der Waals surface area (Å²) >= 11 is 0. The summed E-state index contributed by atoms with van der Waals surface area (Å²) in [7, 11) is 0. The third-order valence-corrected chi connectivity index (χ3v) is 5.55. The minimum Gasteiger partial charge on any atom is -0.462 e. The summed E-state index contributed by atoms with van der Waals surface area (Å²) in [6, 6.07) is 0. The number of cyclic esters (lactones) is 1. The molecule has 0 aromatic carbocycles. The molecule has 1 heterocycles. The molecule has 0 bridgehead atoms. The molecule has 0 aliphatic carbocycles. The summed E-state index contributed by atoms with van der Waals surface area (Å²) < 4.78 is 5.60. The molecule has 1 saturated heterocycles. The summed E-state index contributed by atoms with van der Waals surface area (Å²) in [5.74, 6) is -0.438. The lowest BCUT2D eigenvalue weighted by Crippen LogP contribution is -2.41. The molecule has 3 nitrogen and oxygen atoms in total. The van der Waals surface area contributed by atoms with Crippen LogP contribution in [0.3, 0.4) is 0 Å². The Balaban J connectivity index is 2.06. The second-order valence-corrected chi connectivity index (χ2v) is 7.93. The number of aliphatic hydroxyl groups excluding tert-OH is 1. The van der Waals surface area contributed by atoms with E-state index >= 15 is 0 Å². The van der Waals surface area contributed by atoms with Crippen molar-refractivity contribution in [1.82, 2.24) is 0 Å². The van der Waals surface area contributed by atoms with Gasteiger partial charge in [0.15, 0.2) is 0 Å². The molecular weight excluding hydrogens is 312 g/mol. The van der Waals surface area contributed by atoms with Gasteiger partial charge in [-0.05, 0) is 19.3 Å². The molecule has 0 saturated carbocycles. The Morgan fingerprint density at radius 2 is 1.28 bits per heavy atom. The van der Waals surface area contributed by atoms with Crippen LogP contribution in [0.25, 0.3) is 0 Å². The Morgan fingerprint density at radius 1 is 0.800 bits per heavy atom. The number of aliphatic hydroxyl groups is 1. The van der Waals surface area contributed by atoms with Crippen molar-refractivity contribution in [1.29, 1.82) is 0 Å². The fourth-order valence-electron chi connectivity index (χ4n) is 3.85. The topological polar surface area (TPSA) is 46.5 Å². The van der Waals surface area contributed by atoms with Gasteiger partial charge in [0, 0.05) is 6.42 Å². The van der Waals surface area contributed by atoms with Crippen LogP contribution in [0.2, 0.25) is 0 Å². The molecule has 0 amide bonds. The van der Waals surface area contributed by atoms with Gasteiger partial charge >= 0.3 is 5.97 Å². The van der Waals surface area contributed by atoms with Crippen molar-refractivity contribution >= 4 is 5.97 Å². The molecule has 3 heteroatoms. The highest BCUT2D eigenvalue weighted by molar-refractivity contribution is 5.74. The van der Waals surface area contributed by atoms with Gasteiger partial charge in [-0.2, -0.15) is 0 Å². The first-order valence-corrected chi connectivity index (χ1v) is 11.1. The molecule has 0 radical (unpaired) electrons. The SMILES string of the molecule is CCCCCCCCCCC[C@@H]1CC(O)C(CCCCCC)C(=O)O1. The molecular formula is C22H42O3. The number of hydrogen-bond acceptors (Lipinski definition) is 3. The van der Waals surface area contributed by atoms with Crippen molar-refractivity contribution in [2.75, 3.05) is 0 Å². The van der Waals surface area contributed by atoms with Gasteiger partial charge in [-0.3, -0.25) is 4.79 Å². The maximum absolute atomic E-state index is 12.2. The van der Waals surface area contributed by atoms with E-state index in [1.165, 1.54) is 64.2 Å². The van der Waals surface area contributed by atoms with Crippen LogP contribution in [0.5, 0.6) is 0 Å². The quantitative estimate of drug-likeness (QED) is 0.282. The number of esters is 1. The Kier molecular flexibility index (Phi) is 13.1. The number of hydrogen-bond donors (Lipinski definition) is 1. The number of unbranched alkanes of at least 4 members (excludes halogenated alkanes) is 11. The first-order valence-electron chi connectivity index (χ1n) is 11.1. The van der Waals surface area contributed by atoms with Gasteiger partial charge in [0.1, 0.15) is 6.10 Å². The normalized spacial score (nSPS) is 23.6. The Labute approximate surface area is 155 Å². The van der Waals surface area contributed by atoms with Crippen LogP contribution in [-0.2, 0) is 9.53 Å². The molecule has 1 aliphatic heterocycles. The predicted molar refractivity (Wildman–Crippen MR) is 105 cm³/mol. The molecule has 0 spiro atoms. The molecule has 1 aliphatic rings. The van der Waals surface area contributed by atoms with E-state index in [9.17, 15) is 9.90 Å². The van der Waals surface area contributed by atoms with Crippen molar-refractivity contribution in [2.45, 2.75) is 129 Å². The lowest BCUT2D eigenvalue weighted by molar-refractivity contribution is -0.170. The fraction of sp³-hybridized carbons (Fsp3) is 0.955. The van der Waals surface area contributed by atoms with Crippen LogP contribution < -0.4 is 0 Å². The standard InChI is InChI=1S/C22H42O3/c1-3-5-7-9-10-11-12-13-14-16-19-18-21(23)20(22(24)25-19)17-15-8-6-4-2/h19-21,23H,3-18H2,1-2H3/t19-,20?,21?/m1/s1. The first-order chi connectivity index (χ1) is 12.2. The van der Waals surface area contributed by atoms with Gasteiger partial charge in [0.05, 0.1) is 12.0 Å². The third kappa shape index (κ3) is 10.2. The van der Waals surface area contributed by atoms with E-state index < -0.39 is 6.10 Å². The van der Waals surface area contributed by atoms with E-state index in [0.29, 0.717) is 6.42 Å². The van der Waals surface area contributed by atoms with Crippen LogP contribution in [0.1, 0.15) is 117 Å². The average Bonchev–Trinajstić information content (AvgIpc) is 2.59. The van der Waals surface area contributed by atoms with E-state index in [1.54, 1.807) is 0 Å². The average molecular weight is 355 g/mol. The van der Waals surface area contributed by atoms with Crippen molar-refractivity contribution in [2.24, 2.45) is 5.92 Å². The molecule has 2 unspecified atom stereocenters. The van der Waals surface area contributed by atoms with Gasteiger partial charge in [0.25, 0.3) is 0 Å². The van der Waals surface area contributed by atoms with Crippen LogP contribution in [0.15, 0.2) is 0 Å². The third-order valence-electron chi connectivity index (χ3n) is 5.55. The summed E-state index contributed by atoms with van der Waals surface area (Å²) in [4.78, 5) is 12.2. The van der Waals surface area contributed by atoms with Crippen molar-refractivity contribution in [3.8, 4) is 0 Å². The zero-order chi connectivity index (χ0) is 18.3. The molecule has 0 aromatic heterocycles. The van der Waals surface area contributed by atoms with Gasteiger partial charge in [-0.15, -0.1) is 0 Å². The maximum atomic E-state index is 12.2. The Morgan fingerprint density at radius 3 is 1.84 bits per heavy atom. The maximum Gasteiger partial charge on any atom is 0.311 e. The lowest BCUT2D eigenvalue weighted by Gasteiger charge is -2.32. The van der Waals surface area contributed by atoms with Crippen molar-refractivity contribution in [3.63, 3.8) is 0 Å². The Bertz CT molecular complexity index is 329. The fourth-order valence-corrected chi connectivity index (χ4v) is 3.85. The van der Waals surface area contributed by atoms with Gasteiger partial charge in [-0.1, -0.05) is 90.9 Å². The number of carbonyl (C=O) groups excluding carboxylic acids is 1. The number of rotatable bonds is 15. The highest BCUT2D eigenvalue weighted by Crippen LogP contribution is 2.28. The lowest BCUT2D eigenvalue weighted by atomic mass is 9.88. The van der Waals surface area contributed by atoms with Gasteiger partial charge in [-0.25, -0.2) is 0 Å². The molecule has 1 fully saturated rings. The number of carbonyl (C=O) groups is 1. The highest BCUT2D eigenvalue weighted by atomic mass is 16.5. The van der Waals surface area contributed by atoms with E-state index in [4.69, 9.17) is 4.74 Å². The molecule has 1 N–H and O–H groups in total. The number of ether oxygens (including phenoxy) is 1. The van der Waals surface area contributed by atoms with Gasteiger partial charge < -0.3 is 9.84 Å².